The fraction of sp³-hybridized carbons (Fsp3) is 0.600. The Bertz CT molecular complexity index is 587. The van der Waals surface area contributed by atoms with Gasteiger partial charge in [-0.1, -0.05) is 26.0 Å². The fourth-order valence-electron chi connectivity index (χ4n) is 2.53. The number of benzene rings is 1. The third-order valence-corrected chi connectivity index (χ3v) is 5.36. The minimum Gasteiger partial charge on any atom is -0.368 e. The van der Waals surface area contributed by atoms with E-state index in [1.807, 2.05) is 24.8 Å². The Morgan fingerprint density at radius 3 is 2.76 bits per heavy atom. The molecule has 4 nitrogen and oxygen atoms in total. The van der Waals surface area contributed by atoms with Crippen LogP contribution in [0.15, 0.2) is 18.2 Å². The van der Waals surface area contributed by atoms with Gasteiger partial charge in [-0.05, 0) is 18.1 Å². The summed E-state index contributed by atoms with van der Waals surface area (Å²) in [6.45, 7) is 5.59. The highest BCUT2D eigenvalue weighted by Gasteiger charge is 2.22. The lowest BCUT2D eigenvalue weighted by Crippen LogP contribution is -2.30. The molecule has 1 heterocycles. The second-order valence-corrected chi connectivity index (χ2v) is 8.08. The number of para-hydroxylation sites is 1. The average Bonchev–Trinajstić information content (AvgIpc) is 2.57. The zero-order valence-electron chi connectivity index (χ0n) is 12.6. The van der Waals surface area contributed by atoms with Crippen LogP contribution in [0.1, 0.15) is 25.8 Å². The van der Waals surface area contributed by atoms with Crippen molar-refractivity contribution in [3.8, 4) is 0 Å². The first-order chi connectivity index (χ1) is 9.89. The third-order valence-electron chi connectivity index (χ3n) is 3.64. The smallest absolute Gasteiger partial charge is 0.152 e. The second kappa shape index (κ2) is 6.75. The van der Waals surface area contributed by atoms with Crippen molar-refractivity contribution in [2.75, 3.05) is 29.5 Å². The first-order valence-corrected chi connectivity index (χ1v) is 9.17. The first kappa shape index (κ1) is 16.2. The summed E-state index contributed by atoms with van der Waals surface area (Å²) >= 11 is 0. The van der Waals surface area contributed by atoms with Crippen molar-refractivity contribution in [1.29, 1.82) is 0 Å². The molecule has 0 amide bonds. The minimum absolute atomic E-state index is 0.0956. The van der Waals surface area contributed by atoms with Crippen molar-refractivity contribution in [3.05, 3.63) is 29.6 Å². The molecule has 1 aliphatic heterocycles. The van der Waals surface area contributed by atoms with E-state index >= 15 is 0 Å². The zero-order valence-corrected chi connectivity index (χ0v) is 13.4. The first-order valence-electron chi connectivity index (χ1n) is 7.35. The maximum absolute atomic E-state index is 14.3. The third kappa shape index (κ3) is 4.41. The van der Waals surface area contributed by atoms with Crippen LogP contribution < -0.4 is 10.2 Å². The summed E-state index contributed by atoms with van der Waals surface area (Å²) in [6.07, 6.45) is 0.549. The summed E-state index contributed by atoms with van der Waals surface area (Å²) in [4.78, 5) is 1.87. The zero-order chi connectivity index (χ0) is 15.5. The molecule has 1 aromatic rings. The van der Waals surface area contributed by atoms with Crippen molar-refractivity contribution >= 4 is 15.5 Å². The number of nitrogens with zero attached hydrogens (tertiary/aromatic N) is 1. The Hall–Kier alpha value is -1.14. The standard InChI is InChI=1S/C15H23FN2O2S/c1-12(2)17-11-13-5-3-6-14(16)15(13)18-7-4-9-21(19,20)10-8-18/h3,5-6,12,17H,4,7-11H2,1-2H3. The van der Waals surface area contributed by atoms with Crippen molar-refractivity contribution in [2.45, 2.75) is 32.9 Å². The normalized spacial score (nSPS) is 18.8. The maximum Gasteiger partial charge on any atom is 0.152 e. The lowest BCUT2D eigenvalue weighted by atomic mass is 10.1. The number of anilines is 1. The predicted molar refractivity (Wildman–Crippen MR) is 83.9 cm³/mol. The Morgan fingerprint density at radius 2 is 2.05 bits per heavy atom. The van der Waals surface area contributed by atoms with Gasteiger partial charge in [0.15, 0.2) is 9.84 Å². The predicted octanol–water partition coefficient (Wildman–Crippen LogP) is 1.95. The molecule has 0 aliphatic carbocycles. The van der Waals surface area contributed by atoms with Crippen molar-refractivity contribution in [2.24, 2.45) is 0 Å². The van der Waals surface area contributed by atoms with Crippen LogP contribution in [0.2, 0.25) is 0 Å². The molecule has 1 aromatic carbocycles. The number of hydrogen-bond donors (Lipinski definition) is 1. The van der Waals surface area contributed by atoms with Gasteiger partial charge in [0.25, 0.3) is 0 Å². The lowest BCUT2D eigenvalue weighted by Gasteiger charge is -2.26. The van der Waals surface area contributed by atoms with E-state index < -0.39 is 9.84 Å². The van der Waals surface area contributed by atoms with E-state index in [-0.39, 0.29) is 17.3 Å². The average molecular weight is 314 g/mol. The summed E-state index contributed by atoms with van der Waals surface area (Å²) in [7, 11) is -2.99. The number of rotatable bonds is 4. The molecule has 0 bridgehead atoms. The van der Waals surface area contributed by atoms with Gasteiger partial charge in [-0.3, -0.25) is 0 Å². The second-order valence-electron chi connectivity index (χ2n) is 5.78. The Kier molecular flexibility index (Phi) is 5.22. The molecule has 0 unspecified atom stereocenters. The van der Waals surface area contributed by atoms with E-state index in [1.165, 1.54) is 6.07 Å². The molecule has 2 rings (SSSR count). The Labute approximate surface area is 126 Å². The van der Waals surface area contributed by atoms with Crippen molar-refractivity contribution < 1.29 is 12.8 Å². The Morgan fingerprint density at radius 1 is 1.29 bits per heavy atom. The SMILES string of the molecule is CC(C)NCc1cccc(F)c1N1CCCS(=O)(=O)CC1. The summed E-state index contributed by atoms with van der Waals surface area (Å²) < 4.78 is 37.7. The van der Waals surface area contributed by atoms with Gasteiger partial charge in [-0.25, -0.2) is 12.8 Å². The van der Waals surface area contributed by atoms with Gasteiger partial charge in [0.2, 0.25) is 0 Å². The van der Waals surface area contributed by atoms with Crippen LogP contribution in [-0.2, 0) is 16.4 Å². The topological polar surface area (TPSA) is 49.4 Å². The maximum atomic E-state index is 14.3. The van der Waals surface area contributed by atoms with E-state index in [9.17, 15) is 12.8 Å². The van der Waals surface area contributed by atoms with Gasteiger partial charge in [-0.15, -0.1) is 0 Å². The molecule has 1 aliphatic rings. The van der Waals surface area contributed by atoms with E-state index in [0.29, 0.717) is 37.8 Å². The highest BCUT2D eigenvalue weighted by atomic mass is 32.2. The largest absolute Gasteiger partial charge is 0.368 e. The highest BCUT2D eigenvalue weighted by molar-refractivity contribution is 7.91. The molecule has 6 heteroatoms. The van der Waals surface area contributed by atoms with Gasteiger partial charge >= 0.3 is 0 Å². The van der Waals surface area contributed by atoms with Crippen LogP contribution in [0, 0.1) is 5.82 Å². The monoisotopic (exact) mass is 314 g/mol. The van der Waals surface area contributed by atoms with E-state index in [0.717, 1.165) is 5.56 Å². The van der Waals surface area contributed by atoms with Crippen LogP contribution in [0.5, 0.6) is 0 Å². The van der Waals surface area contributed by atoms with Gasteiger partial charge in [0, 0.05) is 25.7 Å². The number of hydrogen-bond acceptors (Lipinski definition) is 4. The van der Waals surface area contributed by atoms with Crippen LogP contribution in [0.4, 0.5) is 10.1 Å². The van der Waals surface area contributed by atoms with Crippen LogP contribution in [0.3, 0.4) is 0 Å². The molecule has 118 valence electrons. The van der Waals surface area contributed by atoms with E-state index in [1.54, 1.807) is 6.07 Å². The van der Waals surface area contributed by atoms with Crippen LogP contribution in [-0.4, -0.2) is 39.1 Å². The Balaban J connectivity index is 2.25. The van der Waals surface area contributed by atoms with Crippen molar-refractivity contribution in [1.82, 2.24) is 5.32 Å². The summed E-state index contributed by atoms with van der Waals surface area (Å²) in [5.74, 6) is 0.00738. The minimum atomic E-state index is -2.99. The number of sulfone groups is 1. The summed E-state index contributed by atoms with van der Waals surface area (Å²) in [6, 6.07) is 5.34. The molecule has 0 spiro atoms. The number of nitrogens with one attached hydrogen (secondary N) is 1. The van der Waals surface area contributed by atoms with Crippen LogP contribution in [0.25, 0.3) is 0 Å². The molecule has 0 aromatic heterocycles. The molecule has 1 saturated heterocycles. The summed E-state index contributed by atoms with van der Waals surface area (Å²) in [5.41, 5.74) is 1.42. The molecule has 1 fully saturated rings. The summed E-state index contributed by atoms with van der Waals surface area (Å²) in [5, 5.41) is 3.29. The van der Waals surface area contributed by atoms with Gasteiger partial charge < -0.3 is 10.2 Å². The van der Waals surface area contributed by atoms with Crippen molar-refractivity contribution in [3.63, 3.8) is 0 Å². The van der Waals surface area contributed by atoms with Gasteiger partial charge in [0.1, 0.15) is 5.82 Å². The molecule has 1 N–H and O–H groups in total. The lowest BCUT2D eigenvalue weighted by molar-refractivity contribution is 0.577. The van der Waals surface area contributed by atoms with E-state index in [2.05, 4.69) is 5.32 Å². The quantitative estimate of drug-likeness (QED) is 0.923. The van der Waals surface area contributed by atoms with Gasteiger partial charge in [-0.2, -0.15) is 0 Å². The van der Waals surface area contributed by atoms with Crippen LogP contribution >= 0.6 is 0 Å². The molecule has 0 atom stereocenters. The highest BCUT2D eigenvalue weighted by Crippen LogP contribution is 2.26. The number of halogens is 1. The molecule has 0 radical (unpaired) electrons. The molecule has 0 saturated carbocycles. The molecule has 21 heavy (non-hydrogen) atoms. The fourth-order valence-corrected chi connectivity index (χ4v) is 3.80. The molecular weight excluding hydrogens is 291 g/mol. The van der Waals surface area contributed by atoms with E-state index in [4.69, 9.17) is 0 Å². The molecular formula is C15H23FN2O2S. The van der Waals surface area contributed by atoms with Gasteiger partial charge in [0.05, 0.1) is 17.2 Å².